The minimum Gasteiger partial charge on any atom is -0.480 e. The van der Waals surface area contributed by atoms with Crippen LogP contribution in [0, 0.1) is 0 Å². The van der Waals surface area contributed by atoms with Gasteiger partial charge in [-0.1, -0.05) is 31.2 Å². The van der Waals surface area contributed by atoms with Gasteiger partial charge in [-0.05, 0) is 17.5 Å². The van der Waals surface area contributed by atoms with Crippen LogP contribution in [0.25, 0.3) is 0 Å². The molecule has 108 valence electrons. The second-order valence-corrected chi connectivity index (χ2v) is 4.87. The predicted molar refractivity (Wildman–Crippen MR) is 73.5 cm³/mol. The Morgan fingerprint density at radius 1 is 1.40 bits per heavy atom. The molecule has 1 unspecified atom stereocenters. The van der Waals surface area contributed by atoms with Gasteiger partial charge < -0.3 is 14.7 Å². The van der Waals surface area contributed by atoms with Crippen molar-refractivity contribution in [3.8, 4) is 0 Å². The summed E-state index contributed by atoms with van der Waals surface area (Å²) >= 11 is 0. The van der Waals surface area contributed by atoms with Crippen molar-refractivity contribution < 1.29 is 19.4 Å². The third-order valence-corrected chi connectivity index (χ3v) is 3.49. The van der Waals surface area contributed by atoms with Gasteiger partial charge in [-0.3, -0.25) is 4.79 Å². The number of carboxylic acids is 1. The standard InChI is InChI=1S/C15H19NO4/c1-2-11-4-3-5-12(8-11)9-14(17)16-6-7-20-10-13(16)15(18)19/h3-5,8,13H,2,6-7,9-10H2,1H3,(H,18,19). The number of carbonyl (C=O) groups excluding carboxylic acids is 1. The molecule has 0 bridgehead atoms. The van der Waals surface area contributed by atoms with Crippen molar-refractivity contribution in [1.82, 2.24) is 4.90 Å². The summed E-state index contributed by atoms with van der Waals surface area (Å²) in [4.78, 5) is 24.8. The topological polar surface area (TPSA) is 66.8 Å². The Labute approximate surface area is 118 Å². The molecule has 1 atom stereocenters. The minimum absolute atomic E-state index is 0.0655. The van der Waals surface area contributed by atoms with Gasteiger partial charge in [0.05, 0.1) is 19.6 Å². The van der Waals surface area contributed by atoms with Crippen LogP contribution < -0.4 is 0 Å². The Hall–Kier alpha value is -1.88. The molecule has 1 amide bonds. The highest BCUT2D eigenvalue weighted by molar-refractivity contribution is 5.85. The van der Waals surface area contributed by atoms with E-state index in [1.165, 1.54) is 10.5 Å². The van der Waals surface area contributed by atoms with E-state index in [4.69, 9.17) is 9.84 Å². The van der Waals surface area contributed by atoms with Gasteiger partial charge in [0.1, 0.15) is 0 Å². The van der Waals surface area contributed by atoms with Crippen LogP contribution in [-0.4, -0.2) is 47.7 Å². The fourth-order valence-electron chi connectivity index (χ4n) is 2.34. The maximum absolute atomic E-state index is 12.3. The van der Waals surface area contributed by atoms with E-state index in [9.17, 15) is 9.59 Å². The fraction of sp³-hybridized carbons (Fsp3) is 0.467. The number of morpholine rings is 1. The van der Waals surface area contributed by atoms with Crippen molar-refractivity contribution >= 4 is 11.9 Å². The van der Waals surface area contributed by atoms with Gasteiger partial charge in [-0.15, -0.1) is 0 Å². The highest BCUT2D eigenvalue weighted by atomic mass is 16.5. The number of aryl methyl sites for hydroxylation is 1. The maximum atomic E-state index is 12.3. The first-order valence-corrected chi connectivity index (χ1v) is 6.79. The van der Waals surface area contributed by atoms with Gasteiger partial charge >= 0.3 is 5.97 Å². The molecule has 0 aliphatic carbocycles. The zero-order valence-corrected chi connectivity index (χ0v) is 11.5. The van der Waals surface area contributed by atoms with Crippen molar-refractivity contribution in [3.63, 3.8) is 0 Å². The summed E-state index contributed by atoms with van der Waals surface area (Å²) in [5, 5.41) is 9.13. The molecular formula is C15H19NO4. The number of hydrogen-bond donors (Lipinski definition) is 1. The van der Waals surface area contributed by atoms with Crippen LogP contribution in [0.1, 0.15) is 18.1 Å². The smallest absolute Gasteiger partial charge is 0.328 e. The summed E-state index contributed by atoms with van der Waals surface area (Å²) < 4.78 is 5.14. The number of amides is 1. The first-order chi connectivity index (χ1) is 9.61. The van der Waals surface area contributed by atoms with Gasteiger partial charge in [-0.2, -0.15) is 0 Å². The number of carbonyl (C=O) groups is 2. The van der Waals surface area contributed by atoms with Crippen LogP contribution in [0.2, 0.25) is 0 Å². The Morgan fingerprint density at radius 3 is 2.85 bits per heavy atom. The van der Waals surface area contributed by atoms with Crippen molar-refractivity contribution in [2.45, 2.75) is 25.8 Å². The number of benzene rings is 1. The fourth-order valence-corrected chi connectivity index (χ4v) is 2.34. The number of ether oxygens (including phenoxy) is 1. The lowest BCUT2D eigenvalue weighted by Gasteiger charge is -2.33. The summed E-state index contributed by atoms with van der Waals surface area (Å²) in [6, 6.07) is 6.96. The molecule has 1 fully saturated rings. The molecule has 1 aromatic rings. The van der Waals surface area contributed by atoms with Crippen LogP contribution in [0.5, 0.6) is 0 Å². The summed E-state index contributed by atoms with van der Waals surface area (Å²) in [6.45, 7) is 2.85. The van der Waals surface area contributed by atoms with Gasteiger partial charge in [0, 0.05) is 6.54 Å². The quantitative estimate of drug-likeness (QED) is 0.895. The summed E-state index contributed by atoms with van der Waals surface area (Å²) in [5.74, 6) is -1.17. The molecular weight excluding hydrogens is 258 g/mol. The average Bonchev–Trinajstić information content (AvgIpc) is 2.47. The molecule has 0 aromatic heterocycles. The van der Waals surface area contributed by atoms with E-state index < -0.39 is 12.0 Å². The Bertz CT molecular complexity index is 500. The number of nitrogens with zero attached hydrogens (tertiary/aromatic N) is 1. The van der Waals surface area contributed by atoms with Crippen LogP contribution >= 0.6 is 0 Å². The second-order valence-electron chi connectivity index (χ2n) is 4.87. The lowest BCUT2D eigenvalue weighted by Crippen LogP contribution is -2.53. The number of aliphatic carboxylic acids is 1. The molecule has 2 rings (SSSR count). The first-order valence-electron chi connectivity index (χ1n) is 6.79. The van der Waals surface area contributed by atoms with Crippen molar-refractivity contribution in [3.05, 3.63) is 35.4 Å². The number of rotatable bonds is 4. The molecule has 1 aliphatic rings. The molecule has 1 N–H and O–H groups in total. The van der Waals surface area contributed by atoms with Gasteiger partial charge in [0.2, 0.25) is 5.91 Å². The minimum atomic E-state index is -1.01. The van der Waals surface area contributed by atoms with E-state index in [1.54, 1.807) is 0 Å². The van der Waals surface area contributed by atoms with Gasteiger partial charge in [0.15, 0.2) is 6.04 Å². The van der Waals surface area contributed by atoms with Crippen molar-refractivity contribution in [2.24, 2.45) is 0 Å². The third-order valence-electron chi connectivity index (χ3n) is 3.49. The Morgan fingerprint density at radius 2 is 2.15 bits per heavy atom. The lowest BCUT2D eigenvalue weighted by molar-refractivity contribution is -0.158. The average molecular weight is 277 g/mol. The Balaban J connectivity index is 2.07. The zero-order valence-electron chi connectivity index (χ0n) is 11.5. The van der Waals surface area contributed by atoms with Crippen molar-refractivity contribution in [2.75, 3.05) is 19.8 Å². The first kappa shape index (κ1) is 14.5. The van der Waals surface area contributed by atoms with E-state index in [2.05, 4.69) is 6.92 Å². The maximum Gasteiger partial charge on any atom is 0.328 e. The van der Waals surface area contributed by atoms with Gasteiger partial charge in [-0.25, -0.2) is 4.79 Å². The van der Waals surface area contributed by atoms with Crippen LogP contribution in [0.15, 0.2) is 24.3 Å². The molecule has 5 nitrogen and oxygen atoms in total. The Kier molecular flexibility index (Phi) is 4.74. The van der Waals surface area contributed by atoms with E-state index >= 15 is 0 Å². The highest BCUT2D eigenvalue weighted by Gasteiger charge is 2.32. The lowest BCUT2D eigenvalue weighted by atomic mass is 10.1. The summed E-state index contributed by atoms with van der Waals surface area (Å²) in [7, 11) is 0. The van der Waals surface area contributed by atoms with E-state index in [0.29, 0.717) is 13.2 Å². The van der Waals surface area contributed by atoms with E-state index in [0.717, 1.165) is 12.0 Å². The number of hydrogen-bond acceptors (Lipinski definition) is 3. The number of carboxylic acid groups (broad SMARTS) is 1. The molecule has 0 radical (unpaired) electrons. The van der Waals surface area contributed by atoms with E-state index in [1.807, 2.05) is 24.3 Å². The molecule has 20 heavy (non-hydrogen) atoms. The normalized spacial score (nSPS) is 18.9. The SMILES string of the molecule is CCc1cccc(CC(=O)N2CCOCC2C(=O)O)c1. The molecule has 1 aliphatic heterocycles. The zero-order chi connectivity index (χ0) is 14.5. The van der Waals surface area contributed by atoms with Crippen LogP contribution in [0.4, 0.5) is 0 Å². The summed E-state index contributed by atoms with van der Waals surface area (Å²) in [5.41, 5.74) is 2.09. The van der Waals surface area contributed by atoms with Crippen molar-refractivity contribution in [1.29, 1.82) is 0 Å². The van der Waals surface area contributed by atoms with Crippen LogP contribution in [0.3, 0.4) is 0 Å². The monoisotopic (exact) mass is 277 g/mol. The van der Waals surface area contributed by atoms with Gasteiger partial charge in [0.25, 0.3) is 0 Å². The second kappa shape index (κ2) is 6.52. The van der Waals surface area contributed by atoms with Crippen LogP contribution in [-0.2, 0) is 27.2 Å². The predicted octanol–water partition coefficient (Wildman–Crippen LogP) is 1.10. The molecule has 0 spiro atoms. The molecule has 5 heteroatoms. The highest BCUT2D eigenvalue weighted by Crippen LogP contribution is 2.12. The molecule has 1 aromatic carbocycles. The van der Waals surface area contributed by atoms with E-state index in [-0.39, 0.29) is 18.9 Å². The largest absolute Gasteiger partial charge is 0.480 e. The summed E-state index contributed by atoms with van der Waals surface area (Å²) in [6.07, 6.45) is 1.15. The molecule has 1 saturated heterocycles. The molecule has 1 heterocycles. The molecule has 0 saturated carbocycles. The third kappa shape index (κ3) is 3.36.